The smallest absolute Gasteiger partial charge is 0.407 e. The molecule has 0 aliphatic rings. The molecular formula is C16H20N2O4. The third-order valence-electron chi connectivity index (χ3n) is 2.44. The average Bonchev–Trinajstić information content (AvgIpc) is 2.37. The highest BCUT2D eigenvalue weighted by Gasteiger charge is 2.15. The molecule has 0 heterocycles. The minimum absolute atomic E-state index is 0.120. The highest BCUT2D eigenvalue weighted by Crippen LogP contribution is 2.13. The quantitative estimate of drug-likeness (QED) is 0.451. The van der Waals surface area contributed by atoms with Gasteiger partial charge >= 0.3 is 12.1 Å². The van der Waals surface area contributed by atoms with Crippen LogP contribution in [-0.2, 0) is 4.74 Å². The minimum atomic E-state index is -1.03. The highest BCUT2D eigenvalue weighted by molar-refractivity contribution is 5.89. The van der Waals surface area contributed by atoms with E-state index in [-0.39, 0.29) is 5.56 Å². The van der Waals surface area contributed by atoms with E-state index in [9.17, 15) is 9.59 Å². The van der Waals surface area contributed by atoms with E-state index in [2.05, 4.69) is 17.2 Å². The van der Waals surface area contributed by atoms with Crippen molar-refractivity contribution in [3.05, 3.63) is 29.3 Å². The molecule has 0 spiro atoms. The lowest BCUT2D eigenvalue weighted by Crippen LogP contribution is -2.32. The van der Waals surface area contributed by atoms with E-state index in [4.69, 9.17) is 15.6 Å². The van der Waals surface area contributed by atoms with E-state index in [0.717, 1.165) is 0 Å². The van der Waals surface area contributed by atoms with Gasteiger partial charge in [-0.2, -0.15) is 0 Å². The molecule has 0 radical (unpaired) electrons. The molecule has 0 saturated heterocycles. The Morgan fingerprint density at radius 1 is 1.36 bits per heavy atom. The van der Waals surface area contributed by atoms with Gasteiger partial charge in [-0.3, -0.25) is 0 Å². The number of nitrogens with two attached hydrogens (primary N) is 1. The van der Waals surface area contributed by atoms with Crippen LogP contribution >= 0.6 is 0 Å². The lowest BCUT2D eigenvalue weighted by Gasteiger charge is -2.19. The SMILES string of the molecule is CC(C)(C)OC(=O)NCCC#Cc1ccc(C(=O)O)cc1N. The fourth-order valence-corrected chi connectivity index (χ4v) is 1.51. The molecule has 0 aliphatic carbocycles. The molecule has 1 aromatic carbocycles. The molecule has 0 unspecified atom stereocenters. The zero-order chi connectivity index (χ0) is 16.8. The summed E-state index contributed by atoms with van der Waals surface area (Å²) in [6.45, 7) is 5.72. The summed E-state index contributed by atoms with van der Waals surface area (Å²) in [5, 5.41) is 11.4. The minimum Gasteiger partial charge on any atom is -0.478 e. The first-order valence-corrected chi connectivity index (χ1v) is 6.77. The molecule has 118 valence electrons. The Labute approximate surface area is 129 Å². The number of benzene rings is 1. The molecule has 0 atom stereocenters. The van der Waals surface area contributed by atoms with Gasteiger partial charge in [0.1, 0.15) is 5.60 Å². The number of anilines is 1. The number of nitrogens with one attached hydrogen (secondary N) is 1. The number of carboxylic acids is 1. The van der Waals surface area contributed by atoms with Gasteiger partial charge in [0.05, 0.1) is 5.56 Å². The summed E-state index contributed by atoms with van der Waals surface area (Å²) in [5.74, 6) is 4.67. The van der Waals surface area contributed by atoms with Crippen molar-refractivity contribution < 1.29 is 19.4 Å². The molecule has 22 heavy (non-hydrogen) atoms. The molecule has 4 N–H and O–H groups in total. The predicted octanol–water partition coefficient (Wildman–Crippen LogP) is 2.23. The summed E-state index contributed by atoms with van der Waals surface area (Å²) in [4.78, 5) is 22.2. The number of alkyl carbamates (subject to hydrolysis) is 1. The van der Waals surface area contributed by atoms with Crippen molar-refractivity contribution in [3.63, 3.8) is 0 Å². The zero-order valence-electron chi connectivity index (χ0n) is 12.9. The van der Waals surface area contributed by atoms with Gasteiger partial charge < -0.3 is 20.9 Å². The monoisotopic (exact) mass is 304 g/mol. The van der Waals surface area contributed by atoms with E-state index in [1.165, 1.54) is 12.1 Å². The van der Waals surface area contributed by atoms with Crippen LogP contribution in [0.15, 0.2) is 18.2 Å². The Kier molecular flexibility index (Phi) is 5.81. The molecule has 0 saturated carbocycles. The number of carboxylic acid groups (broad SMARTS) is 1. The molecule has 6 nitrogen and oxygen atoms in total. The van der Waals surface area contributed by atoms with Crippen LogP contribution in [0.5, 0.6) is 0 Å². The van der Waals surface area contributed by atoms with E-state index < -0.39 is 17.7 Å². The second-order valence-corrected chi connectivity index (χ2v) is 5.59. The standard InChI is InChI=1S/C16H20N2O4/c1-16(2,3)22-15(21)18-9-5-4-6-11-7-8-12(14(19)20)10-13(11)17/h7-8,10H,5,9,17H2,1-3H3,(H,18,21)(H,19,20). The van der Waals surface area contributed by atoms with E-state index in [1.54, 1.807) is 26.8 Å². The second-order valence-electron chi connectivity index (χ2n) is 5.59. The fourth-order valence-electron chi connectivity index (χ4n) is 1.51. The van der Waals surface area contributed by atoms with Gasteiger partial charge in [-0.15, -0.1) is 0 Å². The number of carbonyl (C=O) groups is 2. The van der Waals surface area contributed by atoms with Crippen molar-refractivity contribution in [2.75, 3.05) is 12.3 Å². The van der Waals surface area contributed by atoms with Gasteiger partial charge in [-0.1, -0.05) is 11.8 Å². The molecule has 1 amide bonds. The number of nitrogen functional groups attached to an aromatic ring is 1. The summed E-state index contributed by atoms with van der Waals surface area (Å²) in [6, 6.07) is 4.38. The van der Waals surface area contributed by atoms with Crippen LogP contribution in [0.3, 0.4) is 0 Å². The van der Waals surface area contributed by atoms with Gasteiger partial charge in [-0.25, -0.2) is 9.59 Å². The van der Waals surface area contributed by atoms with Gasteiger partial charge in [-0.05, 0) is 39.0 Å². The van der Waals surface area contributed by atoms with Crippen LogP contribution in [-0.4, -0.2) is 29.3 Å². The maximum absolute atomic E-state index is 11.4. The van der Waals surface area contributed by atoms with E-state index >= 15 is 0 Å². The number of hydrogen-bond donors (Lipinski definition) is 3. The number of carbonyl (C=O) groups excluding carboxylic acids is 1. The first-order chi connectivity index (χ1) is 10.2. The summed E-state index contributed by atoms with van der Waals surface area (Å²) in [7, 11) is 0. The van der Waals surface area contributed by atoms with Gasteiger partial charge in [0.2, 0.25) is 0 Å². The molecule has 0 aliphatic heterocycles. The Morgan fingerprint density at radius 3 is 2.59 bits per heavy atom. The summed E-state index contributed by atoms with van der Waals surface area (Å²) < 4.78 is 5.08. The Bertz CT molecular complexity index is 621. The fraction of sp³-hybridized carbons (Fsp3) is 0.375. The van der Waals surface area contributed by atoms with Crippen molar-refractivity contribution in [2.24, 2.45) is 0 Å². The summed E-state index contributed by atoms with van der Waals surface area (Å²) in [6.07, 6.45) is -0.0565. The molecular weight excluding hydrogens is 284 g/mol. The molecule has 0 fully saturated rings. The Hall–Kier alpha value is -2.68. The largest absolute Gasteiger partial charge is 0.478 e. The molecule has 0 bridgehead atoms. The lowest BCUT2D eigenvalue weighted by atomic mass is 10.1. The maximum atomic E-state index is 11.4. The number of hydrogen-bond acceptors (Lipinski definition) is 4. The first-order valence-electron chi connectivity index (χ1n) is 6.77. The van der Waals surface area contributed by atoms with Crippen LogP contribution < -0.4 is 11.1 Å². The normalized spacial score (nSPS) is 10.3. The number of aromatic carboxylic acids is 1. The van der Waals surface area contributed by atoms with Crippen molar-refractivity contribution in [3.8, 4) is 11.8 Å². The Morgan fingerprint density at radius 2 is 2.05 bits per heavy atom. The summed E-state index contributed by atoms with van der Waals surface area (Å²) >= 11 is 0. The van der Waals surface area contributed by atoms with E-state index in [1.807, 2.05) is 0 Å². The number of ether oxygens (including phenoxy) is 1. The molecule has 1 rings (SSSR count). The number of amides is 1. The van der Waals surface area contributed by atoms with Gasteiger partial charge in [0.15, 0.2) is 0 Å². The van der Waals surface area contributed by atoms with Crippen LogP contribution in [0.1, 0.15) is 43.1 Å². The first kappa shape index (κ1) is 17.4. The predicted molar refractivity (Wildman–Crippen MR) is 83.5 cm³/mol. The molecule has 6 heteroatoms. The third-order valence-corrected chi connectivity index (χ3v) is 2.44. The van der Waals surface area contributed by atoms with Crippen LogP contribution in [0.2, 0.25) is 0 Å². The van der Waals surface area contributed by atoms with Crippen molar-refractivity contribution in [1.29, 1.82) is 0 Å². The van der Waals surface area contributed by atoms with E-state index in [0.29, 0.717) is 24.2 Å². The van der Waals surface area contributed by atoms with Crippen LogP contribution in [0.25, 0.3) is 0 Å². The maximum Gasteiger partial charge on any atom is 0.407 e. The average molecular weight is 304 g/mol. The van der Waals surface area contributed by atoms with Crippen molar-refractivity contribution >= 4 is 17.7 Å². The Balaban J connectivity index is 2.48. The van der Waals surface area contributed by atoms with Crippen molar-refractivity contribution in [1.82, 2.24) is 5.32 Å². The topological polar surface area (TPSA) is 102 Å². The summed E-state index contributed by atoms with van der Waals surface area (Å²) in [5.41, 5.74) is 6.19. The van der Waals surface area contributed by atoms with Crippen LogP contribution in [0, 0.1) is 11.8 Å². The number of rotatable bonds is 3. The lowest BCUT2D eigenvalue weighted by molar-refractivity contribution is 0.0528. The molecule has 0 aromatic heterocycles. The van der Waals surface area contributed by atoms with Crippen LogP contribution in [0.4, 0.5) is 10.5 Å². The zero-order valence-corrected chi connectivity index (χ0v) is 12.9. The van der Waals surface area contributed by atoms with Crippen molar-refractivity contribution in [2.45, 2.75) is 32.8 Å². The van der Waals surface area contributed by atoms with Gasteiger partial charge in [0.25, 0.3) is 0 Å². The highest BCUT2D eigenvalue weighted by atomic mass is 16.6. The molecule has 1 aromatic rings. The second kappa shape index (κ2) is 7.36. The third kappa shape index (κ3) is 6.18. The van der Waals surface area contributed by atoms with Gasteiger partial charge in [0, 0.05) is 24.2 Å².